The summed E-state index contributed by atoms with van der Waals surface area (Å²) in [5.41, 5.74) is 0.0486. The van der Waals surface area contributed by atoms with E-state index in [1.165, 1.54) is 0 Å². The maximum atomic E-state index is 5.34. The van der Waals surface area contributed by atoms with Crippen molar-refractivity contribution in [2.24, 2.45) is 0 Å². The number of rotatable bonds is 4. The monoisotopic (exact) mass is 176 g/mol. The Balaban J connectivity index is 2.43. The Morgan fingerprint density at radius 3 is 2.18 bits per heavy atom. The van der Waals surface area contributed by atoms with Gasteiger partial charge in [0.1, 0.15) is 0 Å². The fourth-order valence-corrected chi connectivity index (χ4v) is 3.15. The highest BCUT2D eigenvalue weighted by Gasteiger charge is 2.48. The van der Waals surface area contributed by atoms with Crippen LogP contribution in [-0.2, 0) is 13.6 Å². The average molecular weight is 176 g/mol. The number of hydrogen-bond donors (Lipinski definition) is 0. The molecule has 0 saturated carbocycles. The Bertz CT molecular complexity index is 141. The van der Waals surface area contributed by atoms with E-state index < -0.39 is 8.56 Å². The van der Waals surface area contributed by atoms with Crippen molar-refractivity contribution in [2.75, 3.05) is 20.8 Å². The third-order valence-corrected chi connectivity index (χ3v) is 5.31. The molecule has 1 heterocycles. The van der Waals surface area contributed by atoms with Crippen molar-refractivity contribution < 1.29 is 13.6 Å². The lowest BCUT2D eigenvalue weighted by Gasteiger charge is -2.24. The Kier molecular flexibility index (Phi) is 2.39. The van der Waals surface area contributed by atoms with Crippen LogP contribution in [0.25, 0.3) is 0 Å². The van der Waals surface area contributed by atoms with Gasteiger partial charge < -0.3 is 13.6 Å². The zero-order valence-corrected chi connectivity index (χ0v) is 8.64. The molecule has 0 amide bonds. The molecule has 1 aliphatic heterocycles. The van der Waals surface area contributed by atoms with Gasteiger partial charge in [-0.2, -0.15) is 0 Å². The maximum absolute atomic E-state index is 5.34. The Morgan fingerprint density at radius 2 is 1.91 bits per heavy atom. The van der Waals surface area contributed by atoms with E-state index >= 15 is 0 Å². The molecule has 1 atom stereocenters. The minimum atomic E-state index is -1.90. The highest BCUT2D eigenvalue weighted by atomic mass is 28.4. The van der Waals surface area contributed by atoms with Crippen molar-refractivity contribution in [1.29, 1.82) is 0 Å². The standard InChI is InChI=1S/C7H16O3Si/c1-7(5-10-7)6-11(4,8-2)9-3/h5-6H2,1-4H3. The summed E-state index contributed by atoms with van der Waals surface area (Å²) >= 11 is 0. The summed E-state index contributed by atoms with van der Waals surface area (Å²) in [6.07, 6.45) is 0. The van der Waals surface area contributed by atoms with Crippen LogP contribution in [0.4, 0.5) is 0 Å². The van der Waals surface area contributed by atoms with Crippen molar-refractivity contribution in [2.45, 2.75) is 25.1 Å². The summed E-state index contributed by atoms with van der Waals surface area (Å²) in [4.78, 5) is 0. The number of hydrogen-bond acceptors (Lipinski definition) is 3. The third kappa shape index (κ3) is 2.26. The molecule has 0 aromatic heterocycles. The summed E-state index contributed by atoms with van der Waals surface area (Å²) in [6.45, 7) is 5.00. The van der Waals surface area contributed by atoms with Gasteiger partial charge in [-0.05, 0) is 13.5 Å². The van der Waals surface area contributed by atoms with E-state index in [1.54, 1.807) is 14.2 Å². The normalized spacial score (nSPS) is 30.5. The van der Waals surface area contributed by atoms with E-state index in [9.17, 15) is 0 Å². The highest BCUT2D eigenvalue weighted by Crippen LogP contribution is 2.35. The lowest BCUT2D eigenvalue weighted by Crippen LogP contribution is -2.40. The Labute approximate surface area is 68.9 Å². The van der Waals surface area contributed by atoms with Crippen molar-refractivity contribution in [3.8, 4) is 0 Å². The molecule has 0 N–H and O–H groups in total. The zero-order valence-electron chi connectivity index (χ0n) is 7.64. The molecule has 11 heavy (non-hydrogen) atoms. The fraction of sp³-hybridized carbons (Fsp3) is 1.00. The first-order chi connectivity index (χ1) is 5.04. The van der Waals surface area contributed by atoms with Crippen LogP contribution < -0.4 is 0 Å². The molecule has 1 rings (SSSR count). The summed E-state index contributed by atoms with van der Waals surface area (Å²) in [5, 5.41) is 0. The van der Waals surface area contributed by atoms with E-state index in [0.29, 0.717) is 0 Å². The summed E-state index contributed by atoms with van der Waals surface area (Å²) in [7, 11) is 1.52. The van der Waals surface area contributed by atoms with Crippen LogP contribution in [0.2, 0.25) is 12.6 Å². The molecule has 0 aliphatic carbocycles. The smallest absolute Gasteiger partial charge is 0.337 e. The van der Waals surface area contributed by atoms with Gasteiger partial charge in [-0.3, -0.25) is 0 Å². The van der Waals surface area contributed by atoms with Gasteiger partial charge in [-0.15, -0.1) is 0 Å². The molecule has 0 radical (unpaired) electrons. The molecule has 0 aromatic carbocycles. The van der Waals surface area contributed by atoms with E-state index in [4.69, 9.17) is 13.6 Å². The lowest BCUT2D eigenvalue weighted by molar-refractivity contribution is 0.231. The molecular weight excluding hydrogens is 160 g/mol. The molecule has 1 saturated heterocycles. The Morgan fingerprint density at radius 1 is 1.45 bits per heavy atom. The molecule has 4 heteroatoms. The molecule has 1 unspecified atom stereocenters. The van der Waals surface area contributed by atoms with Crippen LogP contribution in [0, 0.1) is 0 Å². The first-order valence-corrected chi connectivity index (χ1v) is 6.30. The van der Waals surface area contributed by atoms with Crippen molar-refractivity contribution in [3.63, 3.8) is 0 Å². The molecule has 3 nitrogen and oxygen atoms in total. The predicted octanol–water partition coefficient (Wildman–Crippen LogP) is 1.14. The molecule has 1 aliphatic rings. The van der Waals surface area contributed by atoms with Gasteiger partial charge in [-0.25, -0.2) is 0 Å². The van der Waals surface area contributed by atoms with Gasteiger partial charge >= 0.3 is 8.56 Å². The molecule has 0 aromatic rings. The topological polar surface area (TPSA) is 31.0 Å². The minimum absolute atomic E-state index is 0.0486. The summed E-state index contributed by atoms with van der Waals surface area (Å²) < 4.78 is 15.9. The minimum Gasteiger partial charge on any atom is -0.398 e. The van der Waals surface area contributed by atoms with Crippen LogP contribution in [0.3, 0.4) is 0 Å². The fourth-order valence-electron chi connectivity index (χ4n) is 1.13. The molecule has 1 fully saturated rings. The molecule has 0 spiro atoms. The quantitative estimate of drug-likeness (QED) is 0.475. The summed E-state index contributed by atoms with van der Waals surface area (Å²) in [5.74, 6) is 0. The van der Waals surface area contributed by atoms with Crippen molar-refractivity contribution in [1.82, 2.24) is 0 Å². The first kappa shape index (κ1) is 9.19. The van der Waals surface area contributed by atoms with E-state index in [0.717, 1.165) is 12.7 Å². The van der Waals surface area contributed by atoms with Crippen LogP contribution in [-0.4, -0.2) is 35.0 Å². The maximum Gasteiger partial charge on any atom is 0.337 e. The van der Waals surface area contributed by atoms with Crippen LogP contribution >= 0.6 is 0 Å². The van der Waals surface area contributed by atoms with E-state index in [1.807, 2.05) is 0 Å². The van der Waals surface area contributed by atoms with Gasteiger partial charge in [0, 0.05) is 20.3 Å². The van der Waals surface area contributed by atoms with E-state index in [-0.39, 0.29) is 5.60 Å². The van der Waals surface area contributed by atoms with Crippen LogP contribution in [0.5, 0.6) is 0 Å². The second kappa shape index (κ2) is 2.86. The van der Waals surface area contributed by atoms with Crippen molar-refractivity contribution >= 4 is 8.56 Å². The Hall–Kier alpha value is 0.0969. The number of epoxide rings is 1. The van der Waals surface area contributed by atoms with Crippen LogP contribution in [0.1, 0.15) is 6.92 Å². The highest BCUT2D eigenvalue weighted by molar-refractivity contribution is 6.66. The predicted molar refractivity (Wildman–Crippen MR) is 44.8 cm³/mol. The zero-order chi connectivity index (χ0) is 8.54. The molecule has 0 bridgehead atoms. The first-order valence-electron chi connectivity index (χ1n) is 3.78. The third-order valence-electron chi connectivity index (χ3n) is 2.20. The SMILES string of the molecule is CO[Si](C)(CC1(C)CO1)OC. The van der Waals surface area contributed by atoms with Gasteiger partial charge in [-0.1, -0.05) is 0 Å². The van der Waals surface area contributed by atoms with Crippen molar-refractivity contribution in [3.05, 3.63) is 0 Å². The second-order valence-electron chi connectivity index (χ2n) is 3.46. The van der Waals surface area contributed by atoms with Gasteiger partial charge in [0.15, 0.2) is 0 Å². The van der Waals surface area contributed by atoms with Gasteiger partial charge in [0.05, 0.1) is 12.2 Å². The largest absolute Gasteiger partial charge is 0.398 e. The lowest BCUT2D eigenvalue weighted by atomic mass is 10.3. The molecular formula is C7H16O3Si. The van der Waals surface area contributed by atoms with Gasteiger partial charge in [0.25, 0.3) is 0 Å². The summed E-state index contributed by atoms with van der Waals surface area (Å²) in [6, 6.07) is 0.924. The number of ether oxygens (including phenoxy) is 1. The second-order valence-corrected chi connectivity index (χ2v) is 6.90. The van der Waals surface area contributed by atoms with Crippen LogP contribution in [0.15, 0.2) is 0 Å². The molecule has 66 valence electrons. The van der Waals surface area contributed by atoms with E-state index in [2.05, 4.69) is 13.5 Å². The van der Waals surface area contributed by atoms with Gasteiger partial charge in [0.2, 0.25) is 0 Å². The average Bonchev–Trinajstić information content (AvgIpc) is 2.68.